The number of hydrogen-bond acceptors (Lipinski definition) is 2. The summed E-state index contributed by atoms with van der Waals surface area (Å²) in [6.07, 6.45) is 2.59. The van der Waals surface area contributed by atoms with Gasteiger partial charge in [0.05, 0.1) is 12.0 Å². The zero-order chi connectivity index (χ0) is 12.3. The van der Waals surface area contributed by atoms with Gasteiger partial charge in [-0.2, -0.15) is 0 Å². The zero-order valence-electron chi connectivity index (χ0n) is 9.96. The maximum atomic E-state index is 6.18. The molecule has 0 radical (unpaired) electrons. The fourth-order valence-electron chi connectivity index (χ4n) is 2.33. The fourth-order valence-corrected chi connectivity index (χ4v) is 2.91. The van der Waals surface area contributed by atoms with Crippen LogP contribution in [0.1, 0.15) is 18.4 Å². The lowest BCUT2D eigenvalue weighted by molar-refractivity contribution is 0.0893. The van der Waals surface area contributed by atoms with Crippen LogP contribution in [0.3, 0.4) is 0 Å². The van der Waals surface area contributed by atoms with Gasteiger partial charge in [0, 0.05) is 36.5 Å². The van der Waals surface area contributed by atoms with E-state index in [9.17, 15) is 0 Å². The third kappa shape index (κ3) is 2.87. The van der Waals surface area contributed by atoms with Crippen molar-refractivity contribution in [3.8, 4) is 0 Å². The third-order valence-corrected chi connectivity index (χ3v) is 3.90. The van der Waals surface area contributed by atoms with Crippen LogP contribution in [0.4, 0.5) is 5.69 Å². The van der Waals surface area contributed by atoms with E-state index in [1.54, 1.807) is 7.11 Å². The summed E-state index contributed by atoms with van der Waals surface area (Å²) in [7, 11) is 1.77. The Morgan fingerprint density at radius 2 is 2.29 bits per heavy atom. The molecule has 0 spiro atoms. The number of anilines is 1. The molecule has 0 aliphatic carbocycles. The number of halogens is 2. The molecule has 1 heterocycles. The van der Waals surface area contributed by atoms with Crippen molar-refractivity contribution in [2.24, 2.45) is 0 Å². The van der Waals surface area contributed by atoms with Crippen molar-refractivity contribution < 1.29 is 4.74 Å². The summed E-state index contributed by atoms with van der Waals surface area (Å²) in [5.41, 5.74) is 2.17. The van der Waals surface area contributed by atoms with Gasteiger partial charge in [-0.1, -0.05) is 17.7 Å². The van der Waals surface area contributed by atoms with Crippen LogP contribution in [-0.2, 0) is 10.6 Å². The average molecular weight is 274 g/mol. The number of rotatable bonds is 3. The number of methoxy groups -OCH3 is 1. The molecule has 4 heteroatoms. The van der Waals surface area contributed by atoms with Gasteiger partial charge >= 0.3 is 0 Å². The molecule has 0 amide bonds. The molecule has 0 N–H and O–H groups in total. The zero-order valence-corrected chi connectivity index (χ0v) is 11.5. The van der Waals surface area contributed by atoms with Crippen LogP contribution in [0.15, 0.2) is 18.2 Å². The summed E-state index contributed by atoms with van der Waals surface area (Å²) in [6.45, 7) is 1.96. The molecule has 1 aliphatic heterocycles. The van der Waals surface area contributed by atoms with Gasteiger partial charge in [-0.15, -0.1) is 11.6 Å². The Bertz CT molecular complexity index is 384. The summed E-state index contributed by atoms with van der Waals surface area (Å²) >= 11 is 12.2. The lowest BCUT2D eigenvalue weighted by Gasteiger charge is -2.34. The molecule has 0 bridgehead atoms. The molecule has 1 aliphatic rings. The minimum absolute atomic E-state index is 0.311. The van der Waals surface area contributed by atoms with Crippen molar-refractivity contribution in [3.05, 3.63) is 28.8 Å². The van der Waals surface area contributed by atoms with Crippen molar-refractivity contribution in [2.45, 2.75) is 24.8 Å². The Hall–Kier alpha value is -0.440. The second-order valence-electron chi connectivity index (χ2n) is 4.32. The number of benzene rings is 1. The molecule has 17 heavy (non-hydrogen) atoms. The van der Waals surface area contributed by atoms with Crippen LogP contribution in [0, 0.1) is 0 Å². The second-order valence-corrected chi connectivity index (χ2v) is 4.99. The van der Waals surface area contributed by atoms with E-state index in [-0.39, 0.29) is 0 Å². The molecular weight excluding hydrogens is 257 g/mol. The monoisotopic (exact) mass is 273 g/mol. The van der Waals surface area contributed by atoms with E-state index < -0.39 is 0 Å². The molecule has 1 fully saturated rings. The first-order valence-electron chi connectivity index (χ1n) is 5.87. The molecule has 1 unspecified atom stereocenters. The van der Waals surface area contributed by atoms with Crippen LogP contribution in [0.2, 0.25) is 5.02 Å². The molecule has 94 valence electrons. The highest BCUT2D eigenvalue weighted by Crippen LogP contribution is 2.31. The second kappa shape index (κ2) is 5.94. The van der Waals surface area contributed by atoms with Crippen LogP contribution >= 0.6 is 23.2 Å². The Kier molecular flexibility index (Phi) is 4.55. The minimum atomic E-state index is 0.311. The van der Waals surface area contributed by atoms with E-state index in [0.29, 0.717) is 12.0 Å². The summed E-state index contributed by atoms with van der Waals surface area (Å²) in [5.74, 6) is 0.448. The molecule has 1 aromatic rings. The lowest BCUT2D eigenvalue weighted by Crippen LogP contribution is -2.39. The molecule has 0 saturated carbocycles. The largest absolute Gasteiger partial charge is 0.380 e. The number of alkyl halides is 1. The van der Waals surface area contributed by atoms with Crippen molar-refractivity contribution >= 4 is 28.9 Å². The third-order valence-electron chi connectivity index (χ3n) is 3.28. The highest BCUT2D eigenvalue weighted by molar-refractivity contribution is 6.32. The normalized spacial score (nSPS) is 20.6. The van der Waals surface area contributed by atoms with Crippen molar-refractivity contribution in [3.63, 3.8) is 0 Å². The average Bonchev–Trinajstić information content (AvgIpc) is 2.38. The Morgan fingerprint density at radius 3 is 3.00 bits per heavy atom. The van der Waals surface area contributed by atoms with Crippen molar-refractivity contribution in [1.29, 1.82) is 0 Å². The van der Waals surface area contributed by atoms with Gasteiger partial charge in [-0.3, -0.25) is 0 Å². The first kappa shape index (κ1) is 13.0. The lowest BCUT2D eigenvalue weighted by atomic mass is 10.1. The quantitative estimate of drug-likeness (QED) is 0.779. The van der Waals surface area contributed by atoms with Crippen LogP contribution < -0.4 is 4.90 Å². The molecule has 1 saturated heterocycles. The SMILES string of the molecule is COC1CCCN(c2cccc(Cl)c2CCl)C1. The van der Waals surface area contributed by atoms with Crippen LogP contribution in [0.5, 0.6) is 0 Å². The maximum Gasteiger partial charge on any atom is 0.0746 e. The van der Waals surface area contributed by atoms with Crippen LogP contribution in [-0.4, -0.2) is 26.3 Å². The molecule has 2 rings (SSSR count). The van der Waals surface area contributed by atoms with Gasteiger partial charge in [0.2, 0.25) is 0 Å². The number of hydrogen-bond donors (Lipinski definition) is 0. The molecule has 2 nitrogen and oxygen atoms in total. The van der Waals surface area contributed by atoms with Crippen LogP contribution in [0.25, 0.3) is 0 Å². The van der Waals surface area contributed by atoms with E-state index in [1.807, 2.05) is 12.1 Å². The van der Waals surface area contributed by atoms with E-state index >= 15 is 0 Å². The smallest absolute Gasteiger partial charge is 0.0746 e. The van der Waals surface area contributed by atoms with Crippen molar-refractivity contribution in [2.75, 3.05) is 25.1 Å². The highest BCUT2D eigenvalue weighted by Gasteiger charge is 2.21. The van der Waals surface area contributed by atoms with E-state index in [1.165, 1.54) is 0 Å². The number of piperidine rings is 1. The number of nitrogens with zero attached hydrogens (tertiary/aromatic N) is 1. The summed E-state index contributed by atoms with van der Waals surface area (Å²) in [5, 5.41) is 0.747. The molecular formula is C13H17Cl2NO. The van der Waals surface area contributed by atoms with Crippen molar-refractivity contribution in [1.82, 2.24) is 0 Å². The standard InChI is InChI=1S/C13H17Cl2NO/c1-17-10-4-3-7-16(9-10)13-6-2-5-12(15)11(13)8-14/h2,5-6,10H,3-4,7-9H2,1H3. The molecule has 1 aromatic carbocycles. The summed E-state index contributed by atoms with van der Waals surface area (Å²) < 4.78 is 5.44. The molecule has 0 aromatic heterocycles. The summed E-state index contributed by atoms with van der Waals surface area (Å²) in [6, 6.07) is 5.95. The van der Waals surface area contributed by atoms with Gasteiger partial charge in [0.25, 0.3) is 0 Å². The summed E-state index contributed by atoms with van der Waals surface area (Å²) in [4.78, 5) is 2.32. The van der Waals surface area contributed by atoms with Gasteiger partial charge in [0.1, 0.15) is 0 Å². The van der Waals surface area contributed by atoms with Gasteiger partial charge in [0.15, 0.2) is 0 Å². The van der Waals surface area contributed by atoms with E-state index in [2.05, 4.69) is 11.0 Å². The molecule has 1 atom stereocenters. The Morgan fingerprint density at radius 1 is 1.47 bits per heavy atom. The first-order valence-corrected chi connectivity index (χ1v) is 6.78. The van der Waals surface area contributed by atoms with E-state index in [4.69, 9.17) is 27.9 Å². The minimum Gasteiger partial charge on any atom is -0.380 e. The van der Waals surface area contributed by atoms with Gasteiger partial charge in [-0.25, -0.2) is 0 Å². The highest BCUT2D eigenvalue weighted by atomic mass is 35.5. The van der Waals surface area contributed by atoms with Gasteiger partial charge < -0.3 is 9.64 Å². The van der Waals surface area contributed by atoms with E-state index in [0.717, 1.165) is 42.2 Å². The fraction of sp³-hybridized carbons (Fsp3) is 0.538. The topological polar surface area (TPSA) is 12.5 Å². The Balaban J connectivity index is 2.24. The first-order chi connectivity index (χ1) is 8.26. The number of ether oxygens (including phenoxy) is 1. The maximum absolute atomic E-state index is 6.18. The predicted octanol–water partition coefficient (Wildman–Crippen LogP) is 3.69. The van der Waals surface area contributed by atoms with Gasteiger partial charge in [-0.05, 0) is 25.0 Å². The Labute approximate surface area is 112 Å². The predicted molar refractivity (Wildman–Crippen MR) is 73.3 cm³/mol.